The summed E-state index contributed by atoms with van der Waals surface area (Å²) in [5.41, 5.74) is 1.20. The lowest BCUT2D eigenvalue weighted by Crippen LogP contribution is -1.98. The summed E-state index contributed by atoms with van der Waals surface area (Å²) in [5.74, 6) is 0.866. The third-order valence-electron chi connectivity index (χ3n) is 2.11. The van der Waals surface area contributed by atoms with E-state index in [2.05, 4.69) is 11.9 Å². The summed E-state index contributed by atoms with van der Waals surface area (Å²) < 4.78 is 10.7. The van der Waals surface area contributed by atoms with E-state index in [9.17, 15) is 0 Å². The molecule has 1 fully saturated rings. The highest BCUT2D eigenvalue weighted by atomic mass is 16.6. The first-order valence-corrected chi connectivity index (χ1v) is 5.07. The van der Waals surface area contributed by atoms with Crippen molar-refractivity contribution >= 4 is 0 Å². The van der Waals surface area contributed by atoms with Crippen LogP contribution in [0.15, 0.2) is 18.5 Å². The number of hydrogen-bond acceptors (Lipinski definition) is 3. The molecule has 0 aromatic carbocycles. The van der Waals surface area contributed by atoms with Crippen molar-refractivity contribution in [3.05, 3.63) is 24.0 Å². The highest BCUT2D eigenvalue weighted by Gasteiger charge is 2.22. The summed E-state index contributed by atoms with van der Waals surface area (Å²) in [6, 6.07) is 2.05. The van der Waals surface area contributed by atoms with Crippen LogP contribution < -0.4 is 4.74 Å². The van der Waals surface area contributed by atoms with E-state index < -0.39 is 0 Å². The van der Waals surface area contributed by atoms with Crippen molar-refractivity contribution in [1.29, 1.82) is 0 Å². The van der Waals surface area contributed by atoms with Crippen molar-refractivity contribution < 1.29 is 9.47 Å². The number of rotatable bonds is 5. The predicted octanol–water partition coefficient (Wildman–Crippen LogP) is 1.81. The Bertz CT molecular complexity index is 297. The quantitative estimate of drug-likeness (QED) is 0.669. The van der Waals surface area contributed by atoms with E-state index in [0.29, 0.717) is 6.10 Å². The zero-order chi connectivity index (χ0) is 9.80. The standard InChI is InChI=1S/C11H15NO2/c1-2-3-13-10-4-9(6-12-7-10)5-11-8-14-11/h4,6-7,11H,2-3,5,8H2,1H3. The van der Waals surface area contributed by atoms with Crippen molar-refractivity contribution in [2.45, 2.75) is 25.9 Å². The molecule has 0 spiro atoms. The normalized spacial score (nSPS) is 19.4. The lowest BCUT2D eigenvalue weighted by molar-refractivity contribution is 0.315. The molecule has 1 aliphatic rings. The molecule has 0 N–H and O–H groups in total. The molecule has 2 rings (SSSR count). The molecule has 1 unspecified atom stereocenters. The Kier molecular flexibility index (Phi) is 2.99. The summed E-state index contributed by atoms with van der Waals surface area (Å²) in [7, 11) is 0. The van der Waals surface area contributed by atoms with Gasteiger partial charge >= 0.3 is 0 Å². The molecule has 3 heteroatoms. The number of hydrogen-bond donors (Lipinski definition) is 0. The van der Waals surface area contributed by atoms with Crippen LogP contribution in [0.4, 0.5) is 0 Å². The summed E-state index contributed by atoms with van der Waals surface area (Å²) in [5, 5.41) is 0. The van der Waals surface area contributed by atoms with Gasteiger partial charge in [-0.3, -0.25) is 4.98 Å². The van der Waals surface area contributed by atoms with Crippen LogP contribution in [-0.4, -0.2) is 24.3 Å². The molecule has 0 saturated carbocycles. The molecule has 0 amide bonds. The maximum atomic E-state index is 5.49. The lowest BCUT2D eigenvalue weighted by atomic mass is 10.2. The van der Waals surface area contributed by atoms with E-state index in [-0.39, 0.29) is 0 Å². The van der Waals surface area contributed by atoms with E-state index in [1.165, 1.54) is 5.56 Å². The zero-order valence-corrected chi connectivity index (χ0v) is 8.40. The minimum atomic E-state index is 0.415. The number of pyridine rings is 1. The first kappa shape index (κ1) is 9.46. The SMILES string of the molecule is CCCOc1cncc(CC2CO2)c1. The highest BCUT2D eigenvalue weighted by molar-refractivity contribution is 5.24. The van der Waals surface area contributed by atoms with Crippen LogP contribution in [0, 0.1) is 0 Å². The Labute approximate surface area is 84.1 Å². The lowest BCUT2D eigenvalue weighted by Gasteiger charge is -2.05. The second-order valence-electron chi connectivity index (χ2n) is 3.54. The van der Waals surface area contributed by atoms with Crippen molar-refractivity contribution in [2.24, 2.45) is 0 Å². The third kappa shape index (κ3) is 2.70. The maximum absolute atomic E-state index is 5.49. The Balaban J connectivity index is 1.94. The second-order valence-corrected chi connectivity index (χ2v) is 3.54. The van der Waals surface area contributed by atoms with Gasteiger partial charge < -0.3 is 9.47 Å². The third-order valence-corrected chi connectivity index (χ3v) is 2.11. The molecule has 0 aliphatic carbocycles. The van der Waals surface area contributed by atoms with Gasteiger partial charge in [-0.05, 0) is 18.1 Å². The van der Waals surface area contributed by atoms with Crippen LogP contribution in [-0.2, 0) is 11.2 Å². The molecule has 1 aromatic heterocycles. The van der Waals surface area contributed by atoms with Crippen LogP contribution in [0.2, 0.25) is 0 Å². The van der Waals surface area contributed by atoms with Crippen LogP contribution in [0.3, 0.4) is 0 Å². The summed E-state index contributed by atoms with van der Waals surface area (Å²) in [6.45, 7) is 3.74. The molecule has 1 aromatic rings. The molecular weight excluding hydrogens is 178 g/mol. The van der Waals surface area contributed by atoms with Crippen LogP contribution in [0.25, 0.3) is 0 Å². The number of epoxide rings is 1. The topological polar surface area (TPSA) is 34.6 Å². The Hall–Kier alpha value is -1.09. The first-order valence-electron chi connectivity index (χ1n) is 5.07. The molecule has 1 aliphatic heterocycles. The molecule has 1 saturated heterocycles. The van der Waals surface area contributed by atoms with Gasteiger partial charge in [-0.15, -0.1) is 0 Å². The van der Waals surface area contributed by atoms with Gasteiger partial charge in [0.25, 0.3) is 0 Å². The summed E-state index contributed by atoms with van der Waals surface area (Å²) in [6.07, 6.45) is 6.03. The van der Waals surface area contributed by atoms with Crippen molar-refractivity contribution in [3.63, 3.8) is 0 Å². The largest absolute Gasteiger partial charge is 0.492 e. The fourth-order valence-corrected chi connectivity index (χ4v) is 1.32. The van der Waals surface area contributed by atoms with E-state index in [4.69, 9.17) is 9.47 Å². The Morgan fingerprint density at radius 1 is 1.57 bits per heavy atom. The van der Waals surface area contributed by atoms with Gasteiger partial charge in [0.2, 0.25) is 0 Å². The fraction of sp³-hybridized carbons (Fsp3) is 0.545. The average molecular weight is 193 g/mol. The highest BCUT2D eigenvalue weighted by Crippen LogP contribution is 2.18. The van der Waals surface area contributed by atoms with Crippen LogP contribution in [0.5, 0.6) is 5.75 Å². The van der Waals surface area contributed by atoms with Crippen LogP contribution in [0.1, 0.15) is 18.9 Å². The van der Waals surface area contributed by atoms with Gasteiger partial charge in [-0.1, -0.05) is 6.92 Å². The van der Waals surface area contributed by atoms with Crippen molar-refractivity contribution in [3.8, 4) is 5.75 Å². The first-order chi connectivity index (χ1) is 6.88. The van der Waals surface area contributed by atoms with Gasteiger partial charge in [0.15, 0.2) is 0 Å². The Morgan fingerprint density at radius 3 is 3.14 bits per heavy atom. The monoisotopic (exact) mass is 193 g/mol. The number of aromatic nitrogens is 1. The number of nitrogens with zero attached hydrogens (tertiary/aromatic N) is 1. The van der Waals surface area contributed by atoms with Gasteiger partial charge in [0.1, 0.15) is 5.75 Å². The predicted molar refractivity (Wildman–Crippen MR) is 53.5 cm³/mol. The van der Waals surface area contributed by atoms with E-state index in [1.807, 2.05) is 12.3 Å². The minimum absolute atomic E-state index is 0.415. The second kappa shape index (κ2) is 4.42. The van der Waals surface area contributed by atoms with Gasteiger partial charge in [0.05, 0.1) is 25.5 Å². The van der Waals surface area contributed by atoms with Crippen molar-refractivity contribution in [1.82, 2.24) is 4.98 Å². The molecule has 3 nitrogen and oxygen atoms in total. The fourth-order valence-electron chi connectivity index (χ4n) is 1.32. The summed E-state index contributed by atoms with van der Waals surface area (Å²) >= 11 is 0. The molecule has 76 valence electrons. The minimum Gasteiger partial charge on any atom is -0.492 e. The maximum Gasteiger partial charge on any atom is 0.137 e. The van der Waals surface area contributed by atoms with Gasteiger partial charge in [-0.2, -0.15) is 0 Å². The molecule has 14 heavy (non-hydrogen) atoms. The van der Waals surface area contributed by atoms with E-state index >= 15 is 0 Å². The molecule has 2 heterocycles. The molecule has 1 atom stereocenters. The van der Waals surface area contributed by atoms with Crippen molar-refractivity contribution in [2.75, 3.05) is 13.2 Å². The Morgan fingerprint density at radius 2 is 2.43 bits per heavy atom. The zero-order valence-electron chi connectivity index (χ0n) is 8.40. The van der Waals surface area contributed by atoms with Gasteiger partial charge in [0, 0.05) is 12.6 Å². The summed E-state index contributed by atoms with van der Waals surface area (Å²) in [4.78, 5) is 4.14. The number of ether oxygens (including phenoxy) is 2. The van der Waals surface area contributed by atoms with Gasteiger partial charge in [-0.25, -0.2) is 0 Å². The average Bonchev–Trinajstić information content (AvgIpc) is 2.99. The smallest absolute Gasteiger partial charge is 0.137 e. The molecule has 0 radical (unpaired) electrons. The molecule has 0 bridgehead atoms. The van der Waals surface area contributed by atoms with E-state index in [1.54, 1.807) is 6.20 Å². The molecular formula is C11H15NO2. The van der Waals surface area contributed by atoms with E-state index in [0.717, 1.165) is 31.8 Å². The van der Waals surface area contributed by atoms with Crippen LogP contribution >= 0.6 is 0 Å².